The minimum absolute atomic E-state index is 0.194. The van der Waals surface area contributed by atoms with E-state index < -0.39 is 0 Å². The van der Waals surface area contributed by atoms with Crippen LogP contribution in [-0.4, -0.2) is 16.5 Å². The van der Waals surface area contributed by atoms with E-state index >= 15 is 0 Å². The van der Waals surface area contributed by atoms with Gasteiger partial charge in [-0.1, -0.05) is 40.5 Å². The number of hydrogen-bond acceptors (Lipinski definition) is 3. The van der Waals surface area contributed by atoms with Crippen LogP contribution in [0.3, 0.4) is 0 Å². The SMILES string of the molecule is ON=Cc1c(Cl)cc(-c2ccc(O)cc2)cc1Cl. The lowest BCUT2D eigenvalue weighted by Gasteiger charge is -2.07. The number of phenols is 1. The fraction of sp³-hybridized carbons (Fsp3) is 0. The maximum absolute atomic E-state index is 9.23. The van der Waals surface area contributed by atoms with E-state index in [-0.39, 0.29) is 5.75 Å². The minimum atomic E-state index is 0.194. The zero-order valence-corrected chi connectivity index (χ0v) is 10.7. The zero-order valence-electron chi connectivity index (χ0n) is 9.14. The Balaban J connectivity index is 2.51. The molecule has 5 heteroatoms. The van der Waals surface area contributed by atoms with Crippen molar-refractivity contribution in [1.29, 1.82) is 0 Å². The van der Waals surface area contributed by atoms with Crippen molar-refractivity contribution in [3.05, 3.63) is 52.0 Å². The number of nitrogens with zero attached hydrogens (tertiary/aromatic N) is 1. The van der Waals surface area contributed by atoms with Crippen LogP contribution in [0.15, 0.2) is 41.6 Å². The molecule has 0 unspecified atom stereocenters. The van der Waals surface area contributed by atoms with Gasteiger partial charge in [0, 0.05) is 5.56 Å². The molecule has 0 radical (unpaired) electrons. The van der Waals surface area contributed by atoms with E-state index in [1.165, 1.54) is 6.21 Å². The second-order valence-corrected chi connectivity index (χ2v) is 4.46. The molecule has 2 aromatic rings. The highest BCUT2D eigenvalue weighted by Gasteiger charge is 2.08. The first kappa shape index (κ1) is 12.7. The molecule has 0 atom stereocenters. The third-order valence-electron chi connectivity index (χ3n) is 2.47. The molecule has 0 aliphatic carbocycles. The van der Waals surface area contributed by atoms with Gasteiger partial charge in [-0.3, -0.25) is 0 Å². The Hall–Kier alpha value is -1.71. The van der Waals surface area contributed by atoms with Crippen LogP contribution in [0, 0.1) is 0 Å². The number of rotatable bonds is 2. The average Bonchev–Trinajstić information content (AvgIpc) is 2.34. The third-order valence-corrected chi connectivity index (χ3v) is 3.09. The lowest BCUT2D eigenvalue weighted by atomic mass is 10.0. The molecule has 0 aliphatic rings. The van der Waals surface area contributed by atoms with Crippen molar-refractivity contribution in [2.75, 3.05) is 0 Å². The number of aromatic hydroxyl groups is 1. The van der Waals surface area contributed by atoms with Gasteiger partial charge in [-0.05, 0) is 35.4 Å². The topological polar surface area (TPSA) is 52.8 Å². The van der Waals surface area contributed by atoms with Crippen LogP contribution in [0.1, 0.15) is 5.56 Å². The monoisotopic (exact) mass is 281 g/mol. The van der Waals surface area contributed by atoms with Crippen LogP contribution in [-0.2, 0) is 0 Å². The van der Waals surface area contributed by atoms with Crippen LogP contribution >= 0.6 is 23.2 Å². The number of halogens is 2. The molecular weight excluding hydrogens is 273 g/mol. The predicted octanol–water partition coefficient (Wildman–Crippen LogP) is 4.17. The summed E-state index contributed by atoms with van der Waals surface area (Å²) < 4.78 is 0. The summed E-state index contributed by atoms with van der Waals surface area (Å²) in [7, 11) is 0. The van der Waals surface area contributed by atoms with Crippen LogP contribution < -0.4 is 0 Å². The van der Waals surface area contributed by atoms with Crippen molar-refractivity contribution in [3.8, 4) is 16.9 Å². The Morgan fingerprint density at radius 1 is 0.944 bits per heavy atom. The molecule has 0 amide bonds. The summed E-state index contributed by atoms with van der Waals surface area (Å²) in [6.07, 6.45) is 1.19. The molecular formula is C13H9Cl2NO2. The molecule has 2 N–H and O–H groups in total. The summed E-state index contributed by atoms with van der Waals surface area (Å²) in [5, 5.41) is 21.4. The molecule has 2 rings (SSSR count). The quantitative estimate of drug-likeness (QED) is 0.493. The van der Waals surface area contributed by atoms with Crippen molar-refractivity contribution in [2.24, 2.45) is 5.16 Å². The Bertz CT molecular complexity index is 571. The maximum atomic E-state index is 9.23. The van der Waals surface area contributed by atoms with Gasteiger partial charge in [-0.25, -0.2) is 0 Å². The van der Waals surface area contributed by atoms with E-state index in [1.807, 2.05) is 0 Å². The molecule has 0 bridgehead atoms. The van der Waals surface area contributed by atoms with Crippen molar-refractivity contribution in [2.45, 2.75) is 0 Å². The fourth-order valence-electron chi connectivity index (χ4n) is 1.59. The highest BCUT2D eigenvalue weighted by atomic mass is 35.5. The number of hydrogen-bond donors (Lipinski definition) is 2. The minimum Gasteiger partial charge on any atom is -0.508 e. The lowest BCUT2D eigenvalue weighted by molar-refractivity contribution is 0.322. The van der Waals surface area contributed by atoms with Crippen molar-refractivity contribution in [3.63, 3.8) is 0 Å². The van der Waals surface area contributed by atoms with E-state index in [0.717, 1.165) is 11.1 Å². The smallest absolute Gasteiger partial charge is 0.115 e. The van der Waals surface area contributed by atoms with Gasteiger partial charge in [0.2, 0.25) is 0 Å². The molecule has 0 saturated carbocycles. The number of benzene rings is 2. The molecule has 0 spiro atoms. The molecule has 0 heterocycles. The van der Waals surface area contributed by atoms with Crippen LogP contribution in [0.4, 0.5) is 0 Å². The Kier molecular flexibility index (Phi) is 3.75. The van der Waals surface area contributed by atoms with Gasteiger partial charge in [-0.2, -0.15) is 0 Å². The van der Waals surface area contributed by atoms with Crippen LogP contribution in [0.5, 0.6) is 5.75 Å². The summed E-state index contributed by atoms with van der Waals surface area (Å²) in [6.45, 7) is 0. The molecule has 18 heavy (non-hydrogen) atoms. The molecule has 0 aliphatic heterocycles. The summed E-state index contributed by atoms with van der Waals surface area (Å²) in [5.74, 6) is 0.194. The fourth-order valence-corrected chi connectivity index (χ4v) is 2.17. The molecule has 92 valence electrons. The van der Waals surface area contributed by atoms with E-state index in [0.29, 0.717) is 15.6 Å². The van der Waals surface area contributed by atoms with Gasteiger partial charge in [0.1, 0.15) is 5.75 Å². The highest BCUT2D eigenvalue weighted by Crippen LogP contribution is 2.31. The number of phenolic OH excluding ortho intramolecular Hbond substituents is 1. The van der Waals surface area contributed by atoms with Gasteiger partial charge in [0.25, 0.3) is 0 Å². The normalized spacial score (nSPS) is 11.0. The van der Waals surface area contributed by atoms with E-state index in [2.05, 4.69) is 5.16 Å². The maximum Gasteiger partial charge on any atom is 0.115 e. The van der Waals surface area contributed by atoms with Crippen molar-refractivity contribution >= 4 is 29.4 Å². The summed E-state index contributed by atoms with van der Waals surface area (Å²) >= 11 is 12.1. The third kappa shape index (κ3) is 2.58. The Morgan fingerprint density at radius 2 is 1.50 bits per heavy atom. The van der Waals surface area contributed by atoms with Crippen molar-refractivity contribution < 1.29 is 10.3 Å². The summed E-state index contributed by atoms with van der Waals surface area (Å²) in [5.41, 5.74) is 2.16. The molecule has 0 fully saturated rings. The molecule has 0 aromatic heterocycles. The summed E-state index contributed by atoms with van der Waals surface area (Å²) in [4.78, 5) is 0. The first-order chi connectivity index (χ1) is 8.61. The Labute approximate surface area is 114 Å². The molecule has 3 nitrogen and oxygen atoms in total. The van der Waals surface area contributed by atoms with Gasteiger partial charge in [0.15, 0.2) is 0 Å². The van der Waals surface area contributed by atoms with Gasteiger partial charge in [-0.15, -0.1) is 0 Å². The van der Waals surface area contributed by atoms with Crippen LogP contribution in [0.2, 0.25) is 10.0 Å². The average molecular weight is 282 g/mol. The van der Waals surface area contributed by atoms with Gasteiger partial charge < -0.3 is 10.3 Å². The van der Waals surface area contributed by atoms with Crippen LogP contribution in [0.25, 0.3) is 11.1 Å². The first-order valence-electron chi connectivity index (χ1n) is 5.07. The van der Waals surface area contributed by atoms with E-state index in [4.69, 9.17) is 28.4 Å². The molecule has 0 saturated heterocycles. The second kappa shape index (κ2) is 5.29. The Morgan fingerprint density at radius 3 is 2.00 bits per heavy atom. The van der Waals surface area contributed by atoms with Crippen molar-refractivity contribution in [1.82, 2.24) is 0 Å². The number of oxime groups is 1. The lowest BCUT2D eigenvalue weighted by Crippen LogP contribution is -1.88. The summed E-state index contributed by atoms with van der Waals surface area (Å²) in [6, 6.07) is 10.1. The zero-order chi connectivity index (χ0) is 13.1. The molecule has 2 aromatic carbocycles. The highest BCUT2D eigenvalue weighted by molar-refractivity contribution is 6.39. The van der Waals surface area contributed by atoms with Gasteiger partial charge in [0.05, 0.1) is 16.3 Å². The predicted molar refractivity (Wildman–Crippen MR) is 72.9 cm³/mol. The largest absolute Gasteiger partial charge is 0.508 e. The second-order valence-electron chi connectivity index (χ2n) is 3.65. The van der Waals surface area contributed by atoms with Gasteiger partial charge >= 0.3 is 0 Å². The first-order valence-corrected chi connectivity index (χ1v) is 5.83. The van der Waals surface area contributed by atoms with E-state index in [1.54, 1.807) is 36.4 Å². The van der Waals surface area contributed by atoms with E-state index in [9.17, 15) is 5.11 Å². The standard InChI is InChI=1S/C13H9Cl2NO2/c14-12-5-9(6-13(15)11(12)7-16-18)8-1-3-10(17)4-2-8/h1-7,17-18H.